The summed E-state index contributed by atoms with van der Waals surface area (Å²) in [4.78, 5) is 22.8. The Balaban J connectivity index is 1.59. The van der Waals surface area contributed by atoms with Crippen molar-refractivity contribution in [1.82, 2.24) is 9.97 Å². The smallest absolute Gasteiger partial charge is 0.323 e. The third-order valence-electron chi connectivity index (χ3n) is 3.67. The number of carbonyl (C=O) groups is 1. The van der Waals surface area contributed by atoms with Gasteiger partial charge in [-0.25, -0.2) is 14.8 Å². The van der Waals surface area contributed by atoms with Crippen molar-refractivity contribution in [3.05, 3.63) is 41.7 Å². The Morgan fingerprint density at radius 1 is 1.00 bits per heavy atom. The molecule has 7 nitrogen and oxygen atoms in total. The molecule has 0 aliphatic carbocycles. The molecule has 1 aliphatic heterocycles. The molecule has 0 spiro atoms. The Morgan fingerprint density at radius 2 is 1.58 bits per heavy atom. The van der Waals surface area contributed by atoms with Crippen LogP contribution in [-0.4, -0.2) is 42.3 Å². The highest BCUT2D eigenvalue weighted by atomic mass is 16.5. The SMILES string of the molecule is Cc1cc(C)cc(NC(=O)Nc2cnc(N3CCOCC3)nc2)c1. The van der Waals surface area contributed by atoms with Crippen LogP contribution >= 0.6 is 0 Å². The second-order valence-electron chi connectivity index (χ2n) is 5.83. The number of amides is 2. The van der Waals surface area contributed by atoms with E-state index in [1.807, 2.05) is 26.0 Å². The maximum Gasteiger partial charge on any atom is 0.323 e. The van der Waals surface area contributed by atoms with Gasteiger partial charge in [-0.1, -0.05) is 6.07 Å². The van der Waals surface area contributed by atoms with Gasteiger partial charge in [-0.05, 0) is 37.1 Å². The molecule has 3 rings (SSSR count). The van der Waals surface area contributed by atoms with Crippen LogP contribution in [0.2, 0.25) is 0 Å². The number of nitrogens with one attached hydrogen (secondary N) is 2. The molecule has 126 valence electrons. The minimum Gasteiger partial charge on any atom is -0.378 e. The molecule has 2 heterocycles. The van der Waals surface area contributed by atoms with E-state index >= 15 is 0 Å². The lowest BCUT2D eigenvalue weighted by Crippen LogP contribution is -2.37. The van der Waals surface area contributed by atoms with E-state index < -0.39 is 0 Å². The number of urea groups is 1. The zero-order valence-corrected chi connectivity index (χ0v) is 13.9. The molecule has 1 aromatic carbocycles. The topological polar surface area (TPSA) is 79.4 Å². The predicted octanol–water partition coefficient (Wildman–Crippen LogP) is 2.57. The summed E-state index contributed by atoms with van der Waals surface area (Å²) in [5.74, 6) is 0.651. The lowest BCUT2D eigenvalue weighted by molar-refractivity contribution is 0.122. The molecule has 0 bridgehead atoms. The van der Waals surface area contributed by atoms with E-state index in [4.69, 9.17) is 4.74 Å². The summed E-state index contributed by atoms with van der Waals surface area (Å²) >= 11 is 0. The number of rotatable bonds is 3. The minimum atomic E-state index is -0.317. The second-order valence-corrected chi connectivity index (χ2v) is 5.83. The van der Waals surface area contributed by atoms with Crippen molar-refractivity contribution in [1.29, 1.82) is 0 Å². The van der Waals surface area contributed by atoms with Gasteiger partial charge in [0, 0.05) is 18.8 Å². The molecule has 1 aromatic heterocycles. The summed E-state index contributed by atoms with van der Waals surface area (Å²) in [6.07, 6.45) is 3.22. The molecule has 2 amide bonds. The van der Waals surface area contributed by atoms with Gasteiger partial charge in [0.05, 0.1) is 31.3 Å². The van der Waals surface area contributed by atoms with Gasteiger partial charge in [0.25, 0.3) is 0 Å². The molecular formula is C17H21N5O2. The van der Waals surface area contributed by atoms with Crippen LogP contribution in [0.1, 0.15) is 11.1 Å². The van der Waals surface area contributed by atoms with Gasteiger partial charge in [-0.3, -0.25) is 0 Å². The van der Waals surface area contributed by atoms with E-state index in [9.17, 15) is 4.79 Å². The zero-order chi connectivity index (χ0) is 16.9. The molecule has 2 aromatic rings. The van der Waals surface area contributed by atoms with Crippen LogP contribution < -0.4 is 15.5 Å². The normalized spacial score (nSPS) is 14.3. The number of aromatic nitrogens is 2. The zero-order valence-electron chi connectivity index (χ0n) is 13.9. The van der Waals surface area contributed by atoms with Gasteiger partial charge in [-0.2, -0.15) is 0 Å². The number of aryl methyl sites for hydroxylation is 2. The number of anilines is 3. The minimum absolute atomic E-state index is 0.317. The third-order valence-corrected chi connectivity index (χ3v) is 3.67. The average Bonchev–Trinajstić information content (AvgIpc) is 2.55. The lowest BCUT2D eigenvalue weighted by atomic mass is 10.1. The van der Waals surface area contributed by atoms with Gasteiger partial charge in [0.2, 0.25) is 5.95 Å². The van der Waals surface area contributed by atoms with Crippen LogP contribution in [0, 0.1) is 13.8 Å². The number of morpholine rings is 1. The summed E-state index contributed by atoms with van der Waals surface area (Å²) in [6, 6.07) is 5.58. The predicted molar refractivity (Wildman–Crippen MR) is 93.6 cm³/mol. The van der Waals surface area contributed by atoms with Gasteiger partial charge >= 0.3 is 6.03 Å². The first kappa shape index (κ1) is 16.2. The molecule has 0 saturated carbocycles. The molecule has 0 unspecified atom stereocenters. The number of benzene rings is 1. The van der Waals surface area contributed by atoms with E-state index in [-0.39, 0.29) is 6.03 Å². The summed E-state index contributed by atoms with van der Waals surface area (Å²) in [7, 11) is 0. The highest BCUT2D eigenvalue weighted by Gasteiger charge is 2.13. The number of carbonyl (C=O) groups excluding carboxylic acids is 1. The standard InChI is InChI=1S/C17H21N5O2/c1-12-7-13(2)9-14(8-12)20-17(23)21-15-10-18-16(19-11-15)22-3-5-24-6-4-22/h7-11H,3-6H2,1-2H3,(H2,20,21,23). The fourth-order valence-electron chi connectivity index (χ4n) is 2.65. The van der Waals surface area contributed by atoms with Crippen LogP contribution in [0.25, 0.3) is 0 Å². The first-order valence-electron chi connectivity index (χ1n) is 7.91. The van der Waals surface area contributed by atoms with Crippen molar-refractivity contribution >= 4 is 23.4 Å². The van der Waals surface area contributed by atoms with E-state index in [0.29, 0.717) is 24.8 Å². The number of ether oxygens (including phenoxy) is 1. The first-order chi connectivity index (χ1) is 11.6. The molecule has 0 radical (unpaired) electrons. The molecule has 0 atom stereocenters. The van der Waals surface area contributed by atoms with Crippen LogP contribution in [0.15, 0.2) is 30.6 Å². The van der Waals surface area contributed by atoms with E-state index in [1.54, 1.807) is 12.4 Å². The molecule has 1 fully saturated rings. The van der Waals surface area contributed by atoms with E-state index in [1.165, 1.54) is 0 Å². The van der Waals surface area contributed by atoms with Crippen molar-refractivity contribution in [2.45, 2.75) is 13.8 Å². The highest BCUT2D eigenvalue weighted by Crippen LogP contribution is 2.15. The monoisotopic (exact) mass is 327 g/mol. The van der Waals surface area contributed by atoms with E-state index in [0.717, 1.165) is 29.9 Å². The van der Waals surface area contributed by atoms with Crippen molar-refractivity contribution in [3.8, 4) is 0 Å². The maximum absolute atomic E-state index is 12.1. The van der Waals surface area contributed by atoms with Crippen molar-refractivity contribution in [2.24, 2.45) is 0 Å². The van der Waals surface area contributed by atoms with E-state index in [2.05, 4.69) is 31.6 Å². The number of hydrogen-bond donors (Lipinski definition) is 2. The largest absolute Gasteiger partial charge is 0.378 e. The Bertz CT molecular complexity index is 691. The van der Waals surface area contributed by atoms with Gasteiger partial charge in [-0.15, -0.1) is 0 Å². The average molecular weight is 327 g/mol. The summed E-state index contributed by atoms with van der Waals surface area (Å²) in [6.45, 7) is 6.91. The van der Waals surface area contributed by atoms with Crippen LogP contribution in [0.3, 0.4) is 0 Å². The fraction of sp³-hybridized carbons (Fsp3) is 0.353. The van der Waals surface area contributed by atoms with Crippen LogP contribution in [0.4, 0.5) is 22.1 Å². The summed E-state index contributed by atoms with van der Waals surface area (Å²) in [5, 5.41) is 5.56. The first-order valence-corrected chi connectivity index (χ1v) is 7.91. The van der Waals surface area contributed by atoms with Gasteiger partial charge < -0.3 is 20.3 Å². The summed E-state index contributed by atoms with van der Waals surface area (Å²) in [5.41, 5.74) is 3.51. The van der Waals surface area contributed by atoms with Crippen molar-refractivity contribution in [3.63, 3.8) is 0 Å². The number of hydrogen-bond acceptors (Lipinski definition) is 5. The quantitative estimate of drug-likeness (QED) is 0.906. The van der Waals surface area contributed by atoms with Crippen LogP contribution in [0.5, 0.6) is 0 Å². The van der Waals surface area contributed by atoms with Crippen molar-refractivity contribution < 1.29 is 9.53 Å². The summed E-state index contributed by atoms with van der Waals surface area (Å²) < 4.78 is 5.31. The Labute approximate surface area is 141 Å². The van der Waals surface area contributed by atoms with Gasteiger partial charge in [0.15, 0.2) is 0 Å². The second kappa shape index (κ2) is 7.27. The fourth-order valence-corrected chi connectivity index (χ4v) is 2.65. The van der Waals surface area contributed by atoms with Crippen molar-refractivity contribution in [2.75, 3.05) is 41.8 Å². The maximum atomic E-state index is 12.1. The Hall–Kier alpha value is -2.67. The third kappa shape index (κ3) is 4.20. The Kier molecular flexibility index (Phi) is 4.90. The molecule has 1 aliphatic rings. The van der Waals surface area contributed by atoms with Gasteiger partial charge in [0.1, 0.15) is 0 Å². The molecule has 7 heteroatoms. The molecular weight excluding hydrogens is 306 g/mol. The van der Waals surface area contributed by atoms with Crippen LogP contribution in [-0.2, 0) is 4.74 Å². The highest BCUT2D eigenvalue weighted by molar-refractivity contribution is 5.99. The molecule has 2 N–H and O–H groups in total. The molecule has 24 heavy (non-hydrogen) atoms. The molecule has 1 saturated heterocycles. The Morgan fingerprint density at radius 3 is 2.21 bits per heavy atom. The lowest BCUT2D eigenvalue weighted by Gasteiger charge is -2.26. The number of nitrogens with zero attached hydrogens (tertiary/aromatic N) is 3.